The summed E-state index contributed by atoms with van der Waals surface area (Å²) in [5.41, 5.74) is 5.07. The molecule has 0 unspecified atom stereocenters. The standard InChI is InChI=1S/C7H8N4O3/c1-14-6(12)5(11-13)4-2-3-9-7(8)10-4/h2-3,13H,1H3,(H2,8,9,10)/b11-5-. The Labute approximate surface area is 79.2 Å². The van der Waals surface area contributed by atoms with Gasteiger partial charge in [0.05, 0.1) is 7.11 Å². The second kappa shape index (κ2) is 4.17. The number of anilines is 1. The summed E-state index contributed by atoms with van der Waals surface area (Å²) in [5, 5.41) is 11.3. The van der Waals surface area contributed by atoms with Crippen LogP contribution in [0.2, 0.25) is 0 Å². The largest absolute Gasteiger partial charge is 0.464 e. The van der Waals surface area contributed by atoms with Gasteiger partial charge in [-0.05, 0) is 6.07 Å². The highest BCUT2D eigenvalue weighted by Gasteiger charge is 2.16. The number of nitrogens with zero attached hydrogens (tertiary/aromatic N) is 3. The summed E-state index contributed by atoms with van der Waals surface area (Å²) >= 11 is 0. The van der Waals surface area contributed by atoms with Gasteiger partial charge in [-0.15, -0.1) is 0 Å². The molecule has 1 heterocycles. The molecule has 7 nitrogen and oxygen atoms in total. The molecule has 0 bridgehead atoms. The lowest BCUT2D eigenvalue weighted by atomic mass is 10.2. The monoisotopic (exact) mass is 196 g/mol. The Morgan fingerprint density at radius 2 is 2.43 bits per heavy atom. The van der Waals surface area contributed by atoms with Crippen molar-refractivity contribution in [1.82, 2.24) is 9.97 Å². The van der Waals surface area contributed by atoms with Gasteiger partial charge in [0, 0.05) is 6.20 Å². The van der Waals surface area contributed by atoms with E-state index >= 15 is 0 Å². The lowest BCUT2D eigenvalue weighted by Gasteiger charge is -2.01. The average Bonchev–Trinajstić information content (AvgIpc) is 2.19. The number of hydrogen-bond donors (Lipinski definition) is 2. The van der Waals surface area contributed by atoms with E-state index in [-0.39, 0.29) is 17.4 Å². The van der Waals surface area contributed by atoms with E-state index in [1.54, 1.807) is 0 Å². The predicted molar refractivity (Wildman–Crippen MR) is 46.8 cm³/mol. The van der Waals surface area contributed by atoms with Crippen molar-refractivity contribution in [2.24, 2.45) is 5.16 Å². The van der Waals surface area contributed by atoms with E-state index in [0.717, 1.165) is 7.11 Å². The van der Waals surface area contributed by atoms with Gasteiger partial charge < -0.3 is 15.7 Å². The minimum Gasteiger partial charge on any atom is -0.464 e. The molecular weight excluding hydrogens is 188 g/mol. The predicted octanol–water partition coefficient (Wildman–Crippen LogP) is -0.590. The first-order chi connectivity index (χ1) is 6.69. The van der Waals surface area contributed by atoms with E-state index in [1.807, 2.05) is 0 Å². The molecule has 0 spiro atoms. The molecule has 7 heteroatoms. The number of esters is 1. The van der Waals surface area contributed by atoms with Crippen molar-refractivity contribution in [2.75, 3.05) is 12.8 Å². The molecule has 0 fully saturated rings. The average molecular weight is 196 g/mol. The molecule has 74 valence electrons. The molecule has 1 aromatic heterocycles. The quantitative estimate of drug-likeness (QED) is 0.283. The van der Waals surface area contributed by atoms with Crippen LogP contribution in [0, 0.1) is 0 Å². The Bertz CT molecular complexity index is 377. The first-order valence-electron chi connectivity index (χ1n) is 3.58. The van der Waals surface area contributed by atoms with Crippen LogP contribution in [0.25, 0.3) is 0 Å². The molecule has 3 N–H and O–H groups in total. The number of methoxy groups -OCH3 is 1. The van der Waals surface area contributed by atoms with Crippen molar-refractivity contribution < 1.29 is 14.7 Å². The fourth-order valence-corrected chi connectivity index (χ4v) is 0.799. The lowest BCUT2D eigenvalue weighted by molar-refractivity contribution is -0.132. The summed E-state index contributed by atoms with van der Waals surface area (Å²) < 4.78 is 4.37. The summed E-state index contributed by atoms with van der Waals surface area (Å²) in [6, 6.07) is 1.38. The Morgan fingerprint density at radius 3 is 2.93 bits per heavy atom. The number of rotatable bonds is 2. The highest BCUT2D eigenvalue weighted by molar-refractivity contribution is 6.42. The van der Waals surface area contributed by atoms with Crippen LogP contribution in [-0.4, -0.2) is 34.0 Å². The van der Waals surface area contributed by atoms with Crippen molar-refractivity contribution in [2.45, 2.75) is 0 Å². The highest BCUT2D eigenvalue weighted by atomic mass is 16.5. The number of carbonyl (C=O) groups excluding carboxylic acids is 1. The van der Waals surface area contributed by atoms with Crippen LogP contribution in [0.5, 0.6) is 0 Å². The van der Waals surface area contributed by atoms with Crippen LogP contribution in [0.1, 0.15) is 5.69 Å². The van der Waals surface area contributed by atoms with Crippen molar-refractivity contribution in [3.63, 3.8) is 0 Å². The fourth-order valence-electron chi connectivity index (χ4n) is 0.799. The van der Waals surface area contributed by atoms with Gasteiger partial charge in [-0.2, -0.15) is 0 Å². The van der Waals surface area contributed by atoms with Crippen LogP contribution < -0.4 is 5.73 Å². The van der Waals surface area contributed by atoms with Gasteiger partial charge in [-0.25, -0.2) is 14.8 Å². The molecule has 0 saturated carbocycles. The van der Waals surface area contributed by atoms with Gasteiger partial charge in [0.25, 0.3) is 0 Å². The Morgan fingerprint density at radius 1 is 1.71 bits per heavy atom. The van der Waals surface area contributed by atoms with E-state index < -0.39 is 5.97 Å². The molecule has 0 radical (unpaired) electrons. The van der Waals surface area contributed by atoms with Crippen molar-refractivity contribution in [3.05, 3.63) is 18.0 Å². The number of carbonyl (C=O) groups is 1. The summed E-state index contributed by atoms with van der Waals surface area (Å²) in [5.74, 6) is -0.821. The zero-order chi connectivity index (χ0) is 10.6. The number of aromatic nitrogens is 2. The minimum absolute atomic E-state index is 0.0208. The SMILES string of the molecule is COC(=O)/C(=N\O)c1ccnc(N)n1. The molecular formula is C7H8N4O3. The van der Waals surface area contributed by atoms with Crippen molar-refractivity contribution in [1.29, 1.82) is 0 Å². The summed E-state index contributed by atoms with van der Waals surface area (Å²) in [6.07, 6.45) is 1.34. The number of oxime groups is 1. The van der Waals surface area contributed by atoms with Crippen molar-refractivity contribution >= 4 is 17.6 Å². The Balaban J connectivity index is 3.08. The van der Waals surface area contributed by atoms with Gasteiger partial charge in [0.15, 0.2) is 0 Å². The molecule has 0 atom stereocenters. The maximum Gasteiger partial charge on any atom is 0.362 e. The second-order valence-corrected chi connectivity index (χ2v) is 2.24. The van der Waals surface area contributed by atoms with Gasteiger partial charge in [0.1, 0.15) is 5.69 Å². The van der Waals surface area contributed by atoms with E-state index in [2.05, 4.69) is 19.9 Å². The Hall–Kier alpha value is -2.18. The topological polar surface area (TPSA) is 111 Å². The maximum absolute atomic E-state index is 11.0. The number of hydrogen-bond acceptors (Lipinski definition) is 7. The van der Waals surface area contributed by atoms with Gasteiger partial charge >= 0.3 is 5.97 Å². The van der Waals surface area contributed by atoms with Crippen LogP contribution in [-0.2, 0) is 9.53 Å². The van der Waals surface area contributed by atoms with Crippen LogP contribution in [0.4, 0.5) is 5.95 Å². The molecule has 1 aromatic rings. The second-order valence-electron chi connectivity index (χ2n) is 2.24. The Kier molecular flexibility index (Phi) is 2.95. The normalized spacial score (nSPS) is 11.1. The van der Waals surface area contributed by atoms with E-state index in [4.69, 9.17) is 10.9 Å². The molecule has 0 saturated heterocycles. The summed E-state index contributed by atoms with van der Waals surface area (Å²) in [7, 11) is 1.16. The van der Waals surface area contributed by atoms with Crippen LogP contribution in [0.15, 0.2) is 17.4 Å². The van der Waals surface area contributed by atoms with Gasteiger partial charge in [0.2, 0.25) is 11.7 Å². The number of nitrogen functional groups attached to an aromatic ring is 1. The van der Waals surface area contributed by atoms with Crippen LogP contribution >= 0.6 is 0 Å². The van der Waals surface area contributed by atoms with Crippen molar-refractivity contribution in [3.8, 4) is 0 Å². The molecule has 0 aromatic carbocycles. The molecule has 1 rings (SSSR count). The van der Waals surface area contributed by atoms with Crippen LogP contribution in [0.3, 0.4) is 0 Å². The van der Waals surface area contributed by atoms with E-state index in [0.29, 0.717) is 0 Å². The first kappa shape index (κ1) is 9.90. The first-order valence-corrected chi connectivity index (χ1v) is 3.58. The molecule has 0 amide bonds. The third-order valence-electron chi connectivity index (χ3n) is 1.40. The maximum atomic E-state index is 11.0. The third kappa shape index (κ3) is 1.94. The molecule has 0 aliphatic heterocycles. The highest BCUT2D eigenvalue weighted by Crippen LogP contribution is 2.00. The molecule has 0 aliphatic rings. The smallest absolute Gasteiger partial charge is 0.362 e. The fraction of sp³-hybridized carbons (Fsp3) is 0.143. The number of nitrogens with two attached hydrogens (primary N) is 1. The lowest BCUT2D eigenvalue weighted by Crippen LogP contribution is -2.19. The van der Waals surface area contributed by atoms with E-state index in [1.165, 1.54) is 12.3 Å². The molecule has 14 heavy (non-hydrogen) atoms. The third-order valence-corrected chi connectivity index (χ3v) is 1.40. The summed E-state index contributed by atoms with van der Waals surface area (Å²) in [6.45, 7) is 0. The zero-order valence-electron chi connectivity index (χ0n) is 7.34. The van der Waals surface area contributed by atoms with E-state index in [9.17, 15) is 4.79 Å². The van der Waals surface area contributed by atoms with Gasteiger partial charge in [-0.3, -0.25) is 0 Å². The zero-order valence-corrected chi connectivity index (χ0v) is 7.34. The number of ether oxygens (including phenoxy) is 1. The summed E-state index contributed by atoms with van der Waals surface area (Å²) in [4.78, 5) is 18.3. The van der Waals surface area contributed by atoms with Gasteiger partial charge in [-0.1, -0.05) is 5.16 Å². The minimum atomic E-state index is -0.800. The molecule has 0 aliphatic carbocycles.